The molecule has 1 unspecified atom stereocenters. The van der Waals surface area contributed by atoms with E-state index in [9.17, 15) is 22.7 Å². The van der Waals surface area contributed by atoms with Crippen LogP contribution in [-0.2, 0) is 0 Å². The highest BCUT2D eigenvalue weighted by Gasteiger charge is 2.25. The minimum Gasteiger partial charge on any atom is -0.380 e. The number of anilines is 2. The molecule has 34 heavy (non-hydrogen) atoms. The second-order valence-corrected chi connectivity index (χ2v) is 7.47. The van der Waals surface area contributed by atoms with Gasteiger partial charge in [0.15, 0.2) is 11.6 Å². The van der Waals surface area contributed by atoms with E-state index in [-0.39, 0.29) is 28.4 Å². The van der Waals surface area contributed by atoms with Gasteiger partial charge in [-0.15, -0.1) is 10.2 Å². The summed E-state index contributed by atoms with van der Waals surface area (Å²) in [6.07, 6.45) is -3.56. The molecule has 0 aliphatic heterocycles. The van der Waals surface area contributed by atoms with Gasteiger partial charge >= 0.3 is 0 Å². The number of rotatable bonds is 5. The van der Waals surface area contributed by atoms with Crippen molar-refractivity contribution in [1.82, 2.24) is 19.6 Å². The van der Waals surface area contributed by atoms with E-state index in [0.717, 1.165) is 23.1 Å². The maximum Gasteiger partial charge on any atom is 0.257 e. The number of hydrogen-bond acceptors (Lipinski definition) is 5. The van der Waals surface area contributed by atoms with Gasteiger partial charge in [0.2, 0.25) is 0 Å². The number of aryl methyl sites for hydroxylation is 1. The number of benzene rings is 2. The molecule has 0 aliphatic rings. The van der Waals surface area contributed by atoms with Gasteiger partial charge in [-0.2, -0.15) is 4.98 Å². The van der Waals surface area contributed by atoms with Gasteiger partial charge in [-0.25, -0.2) is 22.0 Å². The Balaban J connectivity index is 2.00. The number of hydrogen-bond donors (Lipinski definition) is 1. The van der Waals surface area contributed by atoms with Crippen LogP contribution < -0.4 is 4.90 Å². The predicted molar refractivity (Wildman–Crippen MR) is 116 cm³/mol. The summed E-state index contributed by atoms with van der Waals surface area (Å²) in [5, 5.41) is 17.0. The molecule has 0 spiro atoms. The van der Waals surface area contributed by atoms with Crippen molar-refractivity contribution in [2.45, 2.75) is 32.8 Å². The van der Waals surface area contributed by atoms with E-state index in [0.29, 0.717) is 12.2 Å². The van der Waals surface area contributed by atoms with E-state index in [1.807, 2.05) is 0 Å². The average molecular weight is 475 g/mol. The SMILES string of the molecule is CCC(O)C#Cc1cc(F)cc(N(CC(F)F)c2nc3nnc(C)n3c3ccc(F)c(F)c23)c1. The fraction of sp³-hybridized carbons (Fsp3) is 0.261. The zero-order valence-electron chi connectivity index (χ0n) is 18.0. The van der Waals surface area contributed by atoms with Crippen molar-refractivity contribution in [1.29, 1.82) is 0 Å². The summed E-state index contributed by atoms with van der Waals surface area (Å²) < 4.78 is 72.3. The zero-order chi connectivity index (χ0) is 24.6. The maximum atomic E-state index is 15.0. The third-order valence-electron chi connectivity index (χ3n) is 5.09. The second kappa shape index (κ2) is 9.23. The third kappa shape index (κ3) is 4.36. The molecule has 6 nitrogen and oxygen atoms in total. The lowest BCUT2D eigenvalue weighted by molar-refractivity contribution is 0.158. The van der Waals surface area contributed by atoms with Gasteiger partial charge in [-0.1, -0.05) is 18.8 Å². The van der Waals surface area contributed by atoms with Crippen LogP contribution in [0.1, 0.15) is 24.7 Å². The summed E-state index contributed by atoms with van der Waals surface area (Å²) in [6, 6.07) is 5.47. The molecule has 0 fully saturated rings. The predicted octanol–water partition coefficient (Wildman–Crippen LogP) is 4.53. The Morgan fingerprint density at radius 3 is 2.59 bits per heavy atom. The Morgan fingerprint density at radius 2 is 1.88 bits per heavy atom. The molecule has 0 bridgehead atoms. The Morgan fingerprint density at radius 1 is 1.12 bits per heavy atom. The molecular weight excluding hydrogens is 457 g/mol. The van der Waals surface area contributed by atoms with Crippen LogP contribution in [0.4, 0.5) is 33.5 Å². The summed E-state index contributed by atoms with van der Waals surface area (Å²) >= 11 is 0. The molecule has 0 saturated heterocycles. The van der Waals surface area contributed by atoms with Crippen molar-refractivity contribution in [3.63, 3.8) is 0 Å². The summed E-state index contributed by atoms with van der Waals surface area (Å²) in [4.78, 5) is 5.06. The van der Waals surface area contributed by atoms with Crippen LogP contribution in [0.25, 0.3) is 16.7 Å². The molecule has 0 radical (unpaired) electrons. The molecule has 1 atom stereocenters. The Hall–Kier alpha value is -3.78. The second-order valence-electron chi connectivity index (χ2n) is 7.47. The van der Waals surface area contributed by atoms with Crippen LogP contribution in [0.3, 0.4) is 0 Å². The quantitative estimate of drug-likeness (QED) is 0.340. The summed E-state index contributed by atoms with van der Waals surface area (Å²) in [7, 11) is 0. The number of fused-ring (bicyclic) bond motifs is 3. The fourth-order valence-corrected chi connectivity index (χ4v) is 3.51. The molecule has 4 rings (SSSR count). The molecular formula is C23H18F5N5O. The van der Waals surface area contributed by atoms with Crippen molar-refractivity contribution in [2.24, 2.45) is 0 Å². The Bertz CT molecular complexity index is 1440. The molecule has 2 heterocycles. The highest BCUT2D eigenvalue weighted by Crippen LogP contribution is 2.35. The van der Waals surface area contributed by atoms with E-state index >= 15 is 4.39 Å². The summed E-state index contributed by atoms with van der Waals surface area (Å²) in [6.45, 7) is 2.27. The number of nitrogens with zero attached hydrogens (tertiary/aromatic N) is 5. The van der Waals surface area contributed by atoms with E-state index in [1.54, 1.807) is 13.8 Å². The van der Waals surface area contributed by atoms with E-state index in [4.69, 9.17) is 0 Å². The van der Waals surface area contributed by atoms with Gasteiger partial charge in [0.25, 0.3) is 12.2 Å². The standard InChI is InChI=1S/C23H18F5N5O/c1-3-16(34)5-4-13-8-14(24)10-15(9-13)32(11-19(26)27)22-20-18(7-6-17(25)21(20)28)33-12(2)30-31-23(33)29-22/h6-10,16,19,34H,3,11H2,1-2H3. The highest BCUT2D eigenvalue weighted by molar-refractivity contribution is 5.94. The van der Waals surface area contributed by atoms with Crippen LogP contribution in [0.5, 0.6) is 0 Å². The highest BCUT2D eigenvalue weighted by atomic mass is 19.3. The largest absolute Gasteiger partial charge is 0.380 e. The van der Waals surface area contributed by atoms with Gasteiger partial charge in [0.1, 0.15) is 23.6 Å². The minimum absolute atomic E-state index is 0.0345. The number of aliphatic hydroxyl groups excluding tert-OH is 1. The van der Waals surface area contributed by atoms with Gasteiger partial charge < -0.3 is 10.0 Å². The number of aromatic nitrogens is 4. The van der Waals surface area contributed by atoms with Crippen LogP contribution in [-0.4, -0.2) is 43.8 Å². The fourth-order valence-electron chi connectivity index (χ4n) is 3.51. The Kier molecular flexibility index (Phi) is 6.34. The van der Waals surface area contributed by atoms with E-state index in [1.165, 1.54) is 16.5 Å². The molecule has 0 aliphatic carbocycles. The summed E-state index contributed by atoms with van der Waals surface area (Å²) in [5.74, 6) is 1.69. The number of aliphatic hydroxyl groups is 1. The smallest absolute Gasteiger partial charge is 0.257 e. The normalized spacial score (nSPS) is 12.3. The minimum atomic E-state index is -2.94. The molecule has 11 heteroatoms. The molecule has 2 aromatic carbocycles. The number of halogens is 5. The molecule has 4 aromatic rings. The lowest BCUT2D eigenvalue weighted by atomic mass is 10.1. The van der Waals surface area contributed by atoms with Crippen molar-refractivity contribution in [3.8, 4) is 11.8 Å². The van der Waals surface area contributed by atoms with Crippen LogP contribution >= 0.6 is 0 Å². The van der Waals surface area contributed by atoms with Gasteiger partial charge in [-0.05, 0) is 43.7 Å². The van der Waals surface area contributed by atoms with E-state index in [2.05, 4.69) is 27.0 Å². The molecule has 2 aromatic heterocycles. The molecule has 176 valence electrons. The van der Waals surface area contributed by atoms with Gasteiger partial charge in [0.05, 0.1) is 17.4 Å². The zero-order valence-corrected chi connectivity index (χ0v) is 18.0. The van der Waals surface area contributed by atoms with Crippen LogP contribution in [0, 0.1) is 36.2 Å². The van der Waals surface area contributed by atoms with Crippen molar-refractivity contribution >= 4 is 28.2 Å². The van der Waals surface area contributed by atoms with Crippen LogP contribution in [0.2, 0.25) is 0 Å². The first-order chi connectivity index (χ1) is 16.2. The van der Waals surface area contributed by atoms with Gasteiger partial charge in [0, 0.05) is 11.3 Å². The van der Waals surface area contributed by atoms with Crippen molar-refractivity contribution < 1.29 is 27.1 Å². The first-order valence-electron chi connectivity index (χ1n) is 10.2. The first kappa shape index (κ1) is 23.4. The molecule has 0 saturated carbocycles. The number of alkyl halides is 2. The summed E-state index contributed by atoms with van der Waals surface area (Å²) in [5.41, 5.74) is 0.0777. The Labute approximate surface area is 190 Å². The van der Waals surface area contributed by atoms with Crippen LogP contribution in [0.15, 0.2) is 30.3 Å². The van der Waals surface area contributed by atoms with E-state index < -0.39 is 41.9 Å². The monoisotopic (exact) mass is 475 g/mol. The lowest BCUT2D eigenvalue weighted by Gasteiger charge is -2.25. The third-order valence-corrected chi connectivity index (χ3v) is 5.09. The maximum absolute atomic E-state index is 15.0. The van der Waals surface area contributed by atoms with Crippen molar-refractivity contribution in [2.75, 3.05) is 11.4 Å². The topological polar surface area (TPSA) is 66.5 Å². The van der Waals surface area contributed by atoms with Crippen molar-refractivity contribution in [3.05, 3.63) is 59.2 Å². The average Bonchev–Trinajstić information content (AvgIpc) is 3.17. The molecule has 1 N–H and O–H groups in total. The lowest BCUT2D eigenvalue weighted by Crippen LogP contribution is -2.26. The van der Waals surface area contributed by atoms with Gasteiger partial charge in [-0.3, -0.25) is 4.40 Å². The first-order valence-corrected chi connectivity index (χ1v) is 10.2. The molecule has 0 amide bonds.